The van der Waals surface area contributed by atoms with E-state index in [-0.39, 0.29) is 42.2 Å². The molecule has 3 unspecified atom stereocenters. The summed E-state index contributed by atoms with van der Waals surface area (Å²) in [5.74, 6) is 0.978. The van der Waals surface area contributed by atoms with E-state index in [9.17, 15) is 0 Å². The number of nitrogens with zero attached hydrogens (tertiary/aromatic N) is 3. The van der Waals surface area contributed by atoms with Gasteiger partial charge >= 0.3 is 0 Å². The van der Waals surface area contributed by atoms with Crippen LogP contribution in [-0.4, -0.2) is 81.5 Å². The third-order valence-electron chi connectivity index (χ3n) is 5.33. The largest absolute Gasteiger partial charge is 0.375 e. The Labute approximate surface area is 186 Å². The van der Waals surface area contributed by atoms with Crippen molar-refractivity contribution in [3.63, 3.8) is 0 Å². The lowest BCUT2D eigenvalue weighted by Crippen LogP contribution is -2.53. The molecule has 0 spiro atoms. The number of hydrogen-bond acceptors (Lipinski definition) is 4. The normalized spacial score (nSPS) is 24.1. The van der Waals surface area contributed by atoms with Crippen molar-refractivity contribution in [1.29, 1.82) is 0 Å². The summed E-state index contributed by atoms with van der Waals surface area (Å²) in [5.41, 5.74) is 1.29. The van der Waals surface area contributed by atoms with Crippen LogP contribution in [0.1, 0.15) is 31.4 Å². The molecular formula is C21H35IN4O2. The van der Waals surface area contributed by atoms with E-state index in [1.165, 1.54) is 5.56 Å². The maximum absolute atomic E-state index is 6.00. The summed E-state index contributed by atoms with van der Waals surface area (Å²) in [4.78, 5) is 9.55. The Hall–Kier alpha value is -0.900. The minimum Gasteiger partial charge on any atom is -0.375 e. The van der Waals surface area contributed by atoms with Crippen LogP contribution in [0.2, 0.25) is 0 Å². The zero-order valence-electron chi connectivity index (χ0n) is 17.3. The van der Waals surface area contributed by atoms with Gasteiger partial charge in [-0.05, 0) is 39.4 Å². The predicted octanol–water partition coefficient (Wildman–Crippen LogP) is 2.75. The van der Waals surface area contributed by atoms with Crippen LogP contribution in [0.5, 0.6) is 0 Å². The number of guanidine groups is 1. The van der Waals surface area contributed by atoms with Gasteiger partial charge in [-0.1, -0.05) is 30.3 Å². The molecule has 3 atom stereocenters. The van der Waals surface area contributed by atoms with Gasteiger partial charge in [0.25, 0.3) is 0 Å². The number of ether oxygens (including phenoxy) is 2. The maximum Gasteiger partial charge on any atom is 0.194 e. The molecule has 7 heteroatoms. The summed E-state index contributed by atoms with van der Waals surface area (Å²) in [7, 11) is 4.23. The van der Waals surface area contributed by atoms with Gasteiger partial charge in [0.1, 0.15) is 6.10 Å². The van der Waals surface area contributed by atoms with Crippen molar-refractivity contribution in [1.82, 2.24) is 15.1 Å². The number of aliphatic imine (C=N–C) groups is 1. The molecule has 0 radical (unpaired) electrons. The lowest BCUT2D eigenvalue weighted by atomic mass is 10.1. The van der Waals surface area contributed by atoms with Crippen molar-refractivity contribution in [2.75, 3.05) is 53.5 Å². The Morgan fingerprint density at radius 2 is 1.96 bits per heavy atom. The molecule has 2 heterocycles. The van der Waals surface area contributed by atoms with Gasteiger partial charge in [0.2, 0.25) is 0 Å². The van der Waals surface area contributed by atoms with Crippen LogP contribution in [0.3, 0.4) is 0 Å². The lowest BCUT2D eigenvalue weighted by molar-refractivity contribution is -0.0817. The Balaban J connectivity index is 0.00000280. The molecule has 1 N–H and O–H groups in total. The first-order valence-electron chi connectivity index (χ1n) is 10.2. The van der Waals surface area contributed by atoms with E-state index in [1.807, 2.05) is 0 Å². The number of rotatable bonds is 6. The van der Waals surface area contributed by atoms with Gasteiger partial charge < -0.3 is 24.6 Å². The zero-order chi connectivity index (χ0) is 19.1. The van der Waals surface area contributed by atoms with Gasteiger partial charge in [0.15, 0.2) is 5.96 Å². The molecule has 0 bridgehead atoms. The first-order chi connectivity index (χ1) is 13.2. The molecule has 0 aliphatic carbocycles. The second kappa shape index (κ2) is 11.9. The van der Waals surface area contributed by atoms with E-state index < -0.39 is 0 Å². The zero-order valence-corrected chi connectivity index (χ0v) is 19.7. The number of nitrogens with one attached hydrogen (secondary N) is 1. The number of hydrogen-bond donors (Lipinski definition) is 1. The molecule has 0 aromatic heterocycles. The summed E-state index contributed by atoms with van der Waals surface area (Å²) in [6, 6.07) is 10.9. The molecular weight excluding hydrogens is 467 g/mol. The average Bonchev–Trinajstić information content (AvgIpc) is 3.23. The Bertz CT molecular complexity index is 593. The highest BCUT2D eigenvalue weighted by atomic mass is 127. The molecule has 1 aromatic carbocycles. The fraction of sp³-hybridized carbons (Fsp3) is 0.667. The van der Waals surface area contributed by atoms with E-state index >= 15 is 0 Å². The van der Waals surface area contributed by atoms with Gasteiger partial charge in [-0.25, -0.2) is 0 Å². The predicted molar refractivity (Wildman–Crippen MR) is 125 cm³/mol. The van der Waals surface area contributed by atoms with Gasteiger partial charge in [-0.3, -0.25) is 4.99 Å². The molecule has 2 aliphatic rings. The van der Waals surface area contributed by atoms with Crippen molar-refractivity contribution in [3.05, 3.63) is 35.9 Å². The SMILES string of the molecule is CCNC(=NCC(c1ccccc1)N(C)C)N1CCOC(C2CCCO2)C1.I. The summed E-state index contributed by atoms with van der Waals surface area (Å²) in [5, 5.41) is 3.47. The summed E-state index contributed by atoms with van der Waals surface area (Å²) < 4.78 is 11.8. The van der Waals surface area contributed by atoms with Gasteiger partial charge in [-0.15, -0.1) is 24.0 Å². The highest BCUT2D eigenvalue weighted by Crippen LogP contribution is 2.22. The monoisotopic (exact) mass is 502 g/mol. The summed E-state index contributed by atoms with van der Waals surface area (Å²) in [6.07, 6.45) is 2.61. The quantitative estimate of drug-likeness (QED) is 0.369. The smallest absolute Gasteiger partial charge is 0.194 e. The molecule has 1 aromatic rings. The third-order valence-corrected chi connectivity index (χ3v) is 5.33. The molecule has 2 aliphatic heterocycles. The molecule has 0 amide bonds. The van der Waals surface area contributed by atoms with Crippen molar-refractivity contribution in [2.24, 2.45) is 4.99 Å². The van der Waals surface area contributed by atoms with Crippen LogP contribution in [0, 0.1) is 0 Å². The molecule has 2 fully saturated rings. The second-order valence-corrected chi connectivity index (χ2v) is 7.49. The maximum atomic E-state index is 6.00. The molecule has 6 nitrogen and oxygen atoms in total. The van der Waals surface area contributed by atoms with E-state index in [0.717, 1.165) is 58.2 Å². The van der Waals surface area contributed by atoms with E-state index in [1.54, 1.807) is 0 Å². The van der Waals surface area contributed by atoms with Crippen LogP contribution in [0.15, 0.2) is 35.3 Å². The standard InChI is InChI=1S/C21H34N4O2.HI/c1-4-22-21(23-15-18(24(2)3)17-9-6-5-7-10-17)25-12-14-27-20(16-25)19-11-8-13-26-19;/h5-7,9-10,18-20H,4,8,11-16H2,1-3H3,(H,22,23);1H. The van der Waals surface area contributed by atoms with E-state index in [2.05, 4.69) is 66.5 Å². The number of morpholine rings is 1. The number of benzene rings is 1. The molecule has 2 saturated heterocycles. The number of halogens is 1. The highest BCUT2D eigenvalue weighted by Gasteiger charge is 2.32. The van der Waals surface area contributed by atoms with Crippen LogP contribution >= 0.6 is 24.0 Å². The van der Waals surface area contributed by atoms with Crippen molar-refractivity contribution >= 4 is 29.9 Å². The van der Waals surface area contributed by atoms with Gasteiger partial charge in [0, 0.05) is 26.2 Å². The lowest BCUT2D eigenvalue weighted by Gasteiger charge is -2.37. The van der Waals surface area contributed by atoms with Crippen LogP contribution in [0.25, 0.3) is 0 Å². The molecule has 0 saturated carbocycles. The van der Waals surface area contributed by atoms with Crippen molar-refractivity contribution in [3.8, 4) is 0 Å². The topological polar surface area (TPSA) is 49.3 Å². The Morgan fingerprint density at radius 1 is 1.21 bits per heavy atom. The minimum atomic E-state index is 0. The molecule has 158 valence electrons. The summed E-state index contributed by atoms with van der Waals surface area (Å²) >= 11 is 0. The fourth-order valence-electron chi connectivity index (χ4n) is 3.83. The second-order valence-electron chi connectivity index (χ2n) is 7.49. The Morgan fingerprint density at radius 3 is 2.61 bits per heavy atom. The van der Waals surface area contributed by atoms with Gasteiger partial charge in [-0.2, -0.15) is 0 Å². The van der Waals surface area contributed by atoms with Crippen molar-refractivity contribution in [2.45, 2.75) is 38.0 Å². The Kier molecular flexibility index (Phi) is 9.98. The fourth-order valence-corrected chi connectivity index (χ4v) is 3.83. The van der Waals surface area contributed by atoms with Crippen molar-refractivity contribution < 1.29 is 9.47 Å². The van der Waals surface area contributed by atoms with Crippen LogP contribution in [-0.2, 0) is 9.47 Å². The minimum absolute atomic E-state index is 0. The third kappa shape index (κ3) is 6.30. The van der Waals surface area contributed by atoms with Crippen LogP contribution in [0.4, 0.5) is 0 Å². The molecule has 3 rings (SSSR count). The number of likely N-dealkylation sites (N-methyl/N-ethyl adjacent to an activating group) is 1. The molecule has 28 heavy (non-hydrogen) atoms. The van der Waals surface area contributed by atoms with E-state index in [4.69, 9.17) is 14.5 Å². The highest BCUT2D eigenvalue weighted by molar-refractivity contribution is 14.0. The van der Waals surface area contributed by atoms with Gasteiger partial charge in [0.05, 0.1) is 25.3 Å². The van der Waals surface area contributed by atoms with E-state index in [0.29, 0.717) is 0 Å². The summed E-state index contributed by atoms with van der Waals surface area (Å²) in [6.45, 7) is 7.00. The average molecular weight is 502 g/mol. The first-order valence-corrected chi connectivity index (χ1v) is 10.2. The van der Waals surface area contributed by atoms with Crippen LogP contribution < -0.4 is 5.32 Å². The first kappa shape index (κ1) is 23.4.